The maximum Gasteiger partial charge on any atom is 0.433 e. The third-order valence-electron chi connectivity index (χ3n) is 2.47. The van der Waals surface area contributed by atoms with E-state index in [1.54, 1.807) is 24.3 Å². The van der Waals surface area contributed by atoms with Gasteiger partial charge in [0, 0.05) is 11.8 Å². The molecule has 0 bridgehead atoms. The van der Waals surface area contributed by atoms with E-state index in [0.717, 1.165) is 0 Å². The molecule has 7 heteroatoms. The molecule has 0 unspecified atom stereocenters. The van der Waals surface area contributed by atoms with Gasteiger partial charge in [-0.3, -0.25) is 14.9 Å². The average molecular weight is 283 g/mol. The number of anilines is 1. The van der Waals surface area contributed by atoms with Gasteiger partial charge in [-0.1, -0.05) is 0 Å². The molecule has 1 N–H and O–H groups in total. The maximum atomic E-state index is 11.6. The van der Waals surface area contributed by atoms with Crippen molar-refractivity contribution in [3.8, 4) is 6.07 Å². The van der Waals surface area contributed by atoms with Crippen molar-refractivity contribution >= 4 is 23.6 Å². The van der Waals surface area contributed by atoms with E-state index in [1.807, 2.05) is 6.07 Å². The first kappa shape index (κ1) is 14.0. The van der Waals surface area contributed by atoms with Crippen molar-refractivity contribution in [2.45, 2.75) is 0 Å². The van der Waals surface area contributed by atoms with Crippen molar-refractivity contribution in [2.75, 3.05) is 5.32 Å². The molecule has 0 atom stereocenters. The second kappa shape index (κ2) is 6.16. The molecule has 0 aliphatic carbocycles. The first-order chi connectivity index (χ1) is 10.1. The molecule has 1 amide bonds. The largest absolute Gasteiger partial charge is 0.433 e. The van der Waals surface area contributed by atoms with Crippen LogP contribution in [-0.2, 0) is 4.79 Å². The Labute approximate surface area is 119 Å². The highest BCUT2D eigenvalue weighted by atomic mass is 16.6. The predicted octanol–water partition coefficient (Wildman–Crippen LogP) is 2.71. The summed E-state index contributed by atoms with van der Waals surface area (Å²) in [6.07, 6.45) is 2.52. The minimum atomic E-state index is -0.659. The van der Waals surface area contributed by atoms with Gasteiger partial charge in [-0.15, -0.1) is 0 Å². The lowest BCUT2D eigenvalue weighted by atomic mass is 10.2. The highest BCUT2D eigenvalue weighted by molar-refractivity contribution is 6.01. The smallest absolute Gasteiger partial charge is 0.401 e. The number of hydrogen-bond donors (Lipinski definition) is 1. The number of hydrogen-bond acceptors (Lipinski definition) is 5. The van der Waals surface area contributed by atoms with Crippen molar-refractivity contribution in [3.63, 3.8) is 0 Å². The van der Waals surface area contributed by atoms with Crippen molar-refractivity contribution in [1.29, 1.82) is 5.26 Å². The van der Waals surface area contributed by atoms with Crippen molar-refractivity contribution < 1.29 is 14.1 Å². The second-order valence-electron chi connectivity index (χ2n) is 3.94. The highest BCUT2D eigenvalue weighted by Crippen LogP contribution is 2.16. The molecule has 0 saturated heterocycles. The molecule has 1 aromatic heterocycles. The number of nitriles is 1. The minimum Gasteiger partial charge on any atom is -0.401 e. The van der Waals surface area contributed by atoms with Gasteiger partial charge >= 0.3 is 5.88 Å². The molecule has 104 valence electrons. The Bertz CT molecular complexity index is 738. The van der Waals surface area contributed by atoms with Crippen LogP contribution in [0, 0.1) is 21.4 Å². The fourth-order valence-electron chi connectivity index (χ4n) is 1.50. The van der Waals surface area contributed by atoms with Crippen molar-refractivity contribution in [3.05, 3.63) is 63.9 Å². The number of nitrogens with one attached hydrogen (secondary N) is 1. The number of nitro groups is 1. The summed E-state index contributed by atoms with van der Waals surface area (Å²) in [5, 5.41) is 21.7. The number of nitrogens with zero attached hydrogens (tertiary/aromatic N) is 2. The van der Waals surface area contributed by atoms with Crippen LogP contribution in [0.1, 0.15) is 11.3 Å². The third-order valence-corrected chi connectivity index (χ3v) is 2.47. The number of rotatable bonds is 4. The highest BCUT2D eigenvalue weighted by Gasteiger charge is 2.10. The summed E-state index contributed by atoms with van der Waals surface area (Å²) in [6, 6.07) is 10.9. The standard InChI is InChI=1S/C14H9N3O4/c15-9-10-1-3-11(4-2-10)16-13(18)7-5-12-6-8-14(21-12)17(19)20/h1-8H,(H,16,18)/b7-5+. The maximum absolute atomic E-state index is 11.6. The van der Waals surface area contributed by atoms with Crippen LogP contribution >= 0.6 is 0 Å². The summed E-state index contributed by atoms with van der Waals surface area (Å²) < 4.78 is 4.87. The van der Waals surface area contributed by atoms with Gasteiger partial charge in [0.1, 0.15) is 10.7 Å². The topological polar surface area (TPSA) is 109 Å². The van der Waals surface area contributed by atoms with Gasteiger partial charge in [-0.25, -0.2) is 0 Å². The second-order valence-corrected chi connectivity index (χ2v) is 3.94. The zero-order chi connectivity index (χ0) is 15.2. The molecule has 0 spiro atoms. The van der Waals surface area contributed by atoms with Crippen LogP contribution in [0.25, 0.3) is 6.08 Å². The van der Waals surface area contributed by atoms with Crippen LogP contribution in [0.2, 0.25) is 0 Å². The zero-order valence-electron chi connectivity index (χ0n) is 10.6. The van der Waals surface area contributed by atoms with Gasteiger partial charge in [0.05, 0.1) is 17.7 Å². The van der Waals surface area contributed by atoms with Gasteiger partial charge in [0.15, 0.2) is 0 Å². The van der Waals surface area contributed by atoms with Crippen LogP contribution < -0.4 is 5.32 Å². The SMILES string of the molecule is N#Cc1ccc(NC(=O)/C=C/c2ccc([N+](=O)[O-])o2)cc1. The predicted molar refractivity (Wildman–Crippen MR) is 74.2 cm³/mol. The van der Waals surface area contributed by atoms with E-state index < -0.39 is 10.8 Å². The Kier molecular flexibility index (Phi) is 4.11. The van der Waals surface area contributed by atoms with Crippen LogP contribution in [0.3, 0.4) is 0 Å². The van der Waals surface area contributed by atoms with Crippen molar-refractivity contribution in [2.24, 2.45) is 0 Å². The molecular weight excluding hydrogens is 274 g/mol. The number of amides is 1. The van der Waals surface area contributed by atoms with Crippen LogP contribution in [0.5, 0.6) is 0 Å². The van der Waals surface area contributed by atoms with E-state index in [9.17, 15) is 14.9 Å². The summed E-state index contributed by atoms with van der Waals surface area (Å²) in [4.78, 5) is 21.4. The van der Waals surface area contributed by atoms with Gasteiger partial charge < -0.3 is 9.73 Å². The normalized spacial score (nSPS) is 10.2. The molecule has 0 aliphatic heterocycles. The lowest BCUT2D eigenvalue weighted by Gasteiger charge is -2.00. The molecule has 0 radical (unpaired) electrons. The lowest BCUT2D eigenvalue weighted by Crippen LogP contribution is -2.07. The third kappa shape index (κ3) is 3.78. The summed E-state index contributed by atoms with van der Waals surface area (Å²) in [5.41, 5.74) is 1.03. The van der Waals surface area contributed by atoms with Gasteiger partial charge in [0.2, 0.25) is 5.91 Å². The zero-order valence-corrected chi connectivity index (χ0v) is 10.6. The number of carbonyl (C=O) groups excluding carboxylic acids is 1. The van der Waals surface area contributed by atoms with E-state index in [1.165, 1.54) is 24.3 Å². The molecule has 7 nitrogen and oxygen atoms in total. The van der Waals surface area contributed by atoms with Crippen LogP contribution in [-0.4, -0.2) is 10.8 Å². The molecule has 1 heterocycles. The van der Waals surface area contributed by atoms with Crippen LogP contribution in [0.4, 0.5) is 11.6 Å². The van der Waals surface area contributed by atoms with E-state index in [-0.39, 0.29) is 11.6 Å². The molecule has 0 saturated carbocycles. The summed E-state index contributed by atoms with van der Waals surface area (Å²) in [5.74, 6) is -0.599. The van der Waals surface area contributed by atoms with E-state index >= 15 is 0 Å². The van der Waals surface area contributed by atoms with Gasteiger partial charge in [-0.2, -0.15) is 5.26 Å². The Balaban J connectivity index is 1.98. The Hall–Kier alpha value is -3.40. The fourth-order valence-corrected chi connectivity index (χ4v) is 1.50. The molecule has 21 heavy (non-hydrogen) atoms. The summed E-state index contributed by atoms with van der Waals surface area (Å²) in [7, 11) is 0. The molecule has 2 rings (SSSR count). The average Bonchev–Trinajstić information content (AvgIpc) is 2.95. The summed E-state index contributed by atoms with van der Waals surface area (Å²) in [6.45, 7) is 0. The van der Waals surface area contributed by atoms with Crippen molar-refractivity contribution in [1.82, 2.24) is 0 Å². The Morgan fingerprint density at radius 1 is 1.29 bits per heavy atom. The Morgan fingerprint density at radius 2 is 2.00 bits per heavy atom. The number of furan rings is 1. The first-order valence-electron chi connectivity index (χ1n) is 5.82. The monoisotopic (exact) mass is 283 g/mol. The number of benzene rings is 1. The molecule has 0 aliphatic rings. The Morgan fingerprint density at radius 3 is 2.57 bits per heavy atom. The molecule has 1 aromatic carbocycles. The quantitative estimate of drug-likeness (QED) is 0.527. The van der Waals surface area contributed by atoms with E-state index in [4.69, 9.17) is 9.68 Å². The molecular formula is C14H9N3O4. The fraction of sp³-hybridized carbons (Fsp3) is 0. The number of carbonyl (C=O) groups is 1. The molecule has 2 aromatic rings. The van der Waals surface area contributed by atoms with Crippen LogP contribution in [0.15, 0.2) is 46.9 Å². The van der Waals surface area contributed by atoms with E-state index in [0.29, 0.717) is 11.3 Å². The first-order valence-corrected chi connectivity index (χ1v) is 5.82. The van der Waals surface area contributed by atoms with Gasteiger partial charge in [0.25, 0.3) is 0 Å². The van der Waals surface area contributed by atoms with Gasteiger partial charge in [-0.05, 0) is 36.4 Å². The summed E-state index contributed by atoms with van der Waals surface area (Å²) >= 11 is 0. The lowest BCUT2D eigenvalue weighted by molar-refractivity contribution is -0.402. The molecule has 0 fully saturated rings. The van der Waals surface area contributed by atoms with E-state index in [2.05, 4.69) is 5.32 Å². The minimum absolute atomic E-state index is 0.205.